The third-order valence-corrected chi connectivity index (χ3v) is 6.38. The summed E-state index contributed by atoms with van der Waals surface area (Å²) in [6.45, 7) is 2.77. The van der Waals surface area contributed by atoms with Gasteiger partial charge in [0.25, 0.3) is 5.69 Å². The minimum atomic E-state index is -1.12. The van der Waals surface area contributed by atoms with Crippen LogP contribution >= 0.6 is 0 Å². The van der Waals surface area contributed by atoms with Crippen LogP contribution in [-0.4, -0.2) is 46.0 Å². The molecule has 1 aliphatic heterocycles. The molecule has 0 radical (unpaired) electrons. The number of carbonyl (C=O) groups excluding carboxylic acids is 4. The summed E-state index contributed by atoms with van der Waals surface area (Å²) < 4.78 is 5.16. The molecular weight excluding hydrogens is 404 g/mol. The molecule has 5 atom stereocenters. The lowest BCUT2D eigenvalue weighted by molar-refractivity contribution is -0.384. The quantitative estimate of drug-likeness (QED) is 0.163. The highest BCUT2D eigenvalue weighted by atomic mass is 16.6. The number of non-ortho nitro benzene ring substituents is 1. The maximum absolute atomic E-state index is 13.0. The predicted octanol–water partition coefficient (Wildman–Crippen LogP) is 2.15. The number of esters is 1. The van der Waals surface area contributed by atoms with Crippen LogP contribution in [0.5, 0.6) is 0 Å². The minimum Gasteiger partial charge on any atom is -0.456 e. The van der Waals surface area contributed by atoms with Crippen LogP contribution in [0.4, 0.5) is 5.69 Å². The number of nitrogens with zero attached hydrogens (tertiary/aromatic N) is 2. The second kappa shape index (κ2) is 7.72. The van der Waals surface area contributed by atoms with Crippen LogP contribution in [0.25, 0.3) is 0 Å². The number of carbonyl (C=O) groups is 4. The number of fused-ring (bicyclic) bond motifs is 5. The van der Waals surface area contributed by atoms with Gasteiger partial charge in [0, 0.05) is 17.7 Å². The molecule has 2 bridgehead atoms. The fraction of sp³-hybridized carbons (Fsp3) is 0.455. The highest BCUT2D eigenvalue weighted by Crippen LogP contribution is 2.53. The second-order valence-electron chi connectivity index (χ2n) is 8.57. The van der Waals surface area contributed by atoms with Crippen LogP contribution in [0.2, 0.25) is 0 Å². The van der Waals surface area contributed by atoms with E-state index < -0.39 is 47.1 Å². The van der Waals surface area contributed by atoms with Gasteiger partial charge in [0.1, 0.15) is 6.04 Å². The van der Waals surface area contributed by atoms with E-state index in [0.29, 0.717) is 0 Å². The zero-order valence-electron chi connectivity index (χ0n) is 17.1. The first kappa shape index (κ1) is 20.9. The van der Waals surface area contributed by atoms with E-state index in [2.05, 4.69) is 0 Å². The first-order chi connectivity index (χ1) is 14.7. The SMILES string of the molecule is CC(C)[C@@H](C(=O)OCC(=O)c1cccc([N+](=O)[O-])c1)N1C(=O)[C@@H]2[C@H](C1=O)[C@H]1C=C[C@@H]2C1. The number of amides is 2. The molecule has 9 nitrogen and oxygen atoms in total. The van der Waals surface area contributed by atoms with Gasteiger partial charge in [-0.2, -0.15) is 0 Å². The van der Waals surface area contributed by atoms with E-state index in [1.54, 1.807) is 13.8 Å². The van der Waals surface area contributed by atoms with Crippen molar-refractivity contribution in [1.82, 2.24) is 4.90 Å². The molecule has 2 fully saturated rings. The molecular formula is C22H22N2O7. The zero-order valence-corrected chi connectivity index (χ0v) is 17.1. The number of likely N-dealkylation sites (tertiary alicyclic amines) is 1. The Balaban J connectivity index is 1.47. The molecule has 2 aliphatic carbocycles. The fourth-order valence-electron chi connectivity index (χ4n) is 4.97. The molecule has 1 saturated carbocycles. The summed E-state index contributed by atoms with van der Waals surface area (Å²) in [7, 11) is 0. The zero-order chi connectivity index (χ0) is 22.4. The van der Waals surface area contributed by atoms with E-state index >= 15 is 0 Å². The summed E-state index contributed by atoms with van der Waals surface area (Å²) >= 11 is 0. The number of allylic oxidation sites excluding steroid dienone is 2. The highest BCUT2D eigenvalue weighted by molar-refractivity contribution is 6.09. The monoisotopic (exact) mass is 426 g/mol. The third-order valence-electron chi connectivity index (χ3n) is 6.38. The van der Waals surface area contributed by atoms with Gasteiger partial charge >= 0.3 is 5.97 Å². The summed E-state index contributed by atoms with van der Waals surface area (Å²) in [5, 5.41) is 10.9. The lowest BCUT2D eigenvalue weighted by Crippen LogP contribution is -2.50. The minimum absolute atomic E-state index is 0.0238. The summed E-state index contributed by atoms with van der Waals surface area (Å²) in [6, 6.07) is 3.99. The van der Waals surface area contributed by atoms with E-state index in [0.717, 1.165) is 17.4 Å². The van der Waals surface area contributed by atoms with Gasteiger partial charge in [-0.25, -0.2) is 4.79 Å². The maximum Gasteiger partial charge on any atom is 0.330 e. The summed E-state index contributed by atoms with van der Waals surface area (Å²) in [5.41, 5.74) is -0.214. The number of imide groups is 1. The maximum atomic E-state index is 13.0. The molecule has 31 heavy (non-hydrogen) atoms. The van der Waals surface area contributed by atoms with Crippen molar-refractivity contribution in [3.05, 3.63) is 52.1 Å². The molecule has 1 heterocycles. The molecule has 0 unspecified atom stereocenters. The molecule has 1 aromatic carbocycles. The number of hydrogen-bond donors (Lipinski definition) is 0. The molecule has 4 rings (SSSR count). The number of rotatable bonds is 7. The number of benzene rings is 1. The number of hydrogen-bond acceptors (Lipinski definition) is 7. The molecule has 0 aromatic heterocycles. The Kier molecular flexibility index (Phi) is 5.20. The number of Topliss-reactive ketones (excluding diaryl/α,β-unsaturated/α-hetero) is 1. The first-order valence-corrected chi connectivity index (χ1v) is 10.2. The van der Waals surface area contributed by atoms with Gasteiger partial charge in [-0.3, -0.25) is 29.4 Å². The van der Waals surface area contributed by atoms with Crippen molar-refractivity contribution in [3.63, 3.8) is 0 Å². The van der Waals surface area contributed by atoms with Crippen LogP contribution < -0.4 is 0 Å². The molecule has 1 aromatic rings. The number of ketones is 1. The average Bonchev–Trinajstić information content (AvgIpc) is 3.42. The molecule has 0 spiro atoms. The second-order valence-corrected chi connectivity index (χ2v) is 8.57. The molecule has 9 heteroatoms. The van der Waals surface area contributed by atoms with Crippen LogP contribution in [-0.2, 0) is 19.1 Å². The van der Waals surface area contributed by atoms with E-state index in [4.69, 9.17) is 4.74 Å². The fourth-order valence-corrected chi connectivity index (χ4v) is 4.97. The normalized spacial score (nSPS) is 27.0. The Bertz CT molecular complexity index is 985. The van der Waals surface area contributed by atoms with Gasteiger partial charge in [-0.05, 0) is 24.2 Å². The van der Waals surface area contributed by atoms with Crippen molar-refractivity contribution in [2.45, 2.75) is 26.3 Å². The van der Waals surface area contributed by atoms with Gasteiger partial charge in [-0.15, -0.1) is 0 Å². The lowest BCUT2D eigenvalue weighted by Gasteiger charge is -2.28. The van der Waals surface area contributed by atoms with Crippen molar-refractivity contribution >= 4 is 29.3 Å². The van der Waals surface area contributed by atoms with Crippen molar-refractivity contribution in [2.24, 2.45) is 29.6 Å². The third kappa shape index (κ3) is 3.43. The van der Waals surface area contributed by atoms with Crippen LogP contribution in [0.3, 0.4) is 0 Å². The van der Waals surface area contributed by atoms with E-state index in [-0.39, 0.29) is 34.9 Å². The van der Waals surface area contributed by atoms with Crippen LogP contribution in [0.15, 0.2) is 36.4 Å². The van der Waals surface area contributed by atoms with E-state index in [1.807, 2.05) is 12.2 Å². The summed E-state index contributed by atoms with van der Waals surface area (Å²) in [5.74, 6) is -3.37. The number of nitro benzene ring substituents is 1. The first-order valence-electron chi connectivity index (χ1n) is 10.2. The van der Waals surface area contributed by atoms with Crippen molar-refractivity contribution in [1.29, 1.82) is 0 Å². The van der Waals surface area contributed by atoms with Gasteiger partial charge in [0.2, 0.25) is 17.6 Å². The van der Waals surface area contributed by atoms with Crippen molar-refractivity contribution in [2.75, 3.05) is 6.61 Å². The summed E-state index contributed by atoms with van der Waals surface area (Å²) in [6.07, 6.45) is 4.73. The molecule has 0 N–H and O–H groups in total. The predicted molar refractivity (Wildman–Crippen MR) is 107 cm³/mol. The van der Waals surface area contributed by atoms with Gasteiger partial charge in [0.05, 0.1) is 16.8 Å². The highest BCUT2D eigenvalue weighted by Gasteiger charge is 2.61. The molecule has 3 aliphatic rings. The van der Waals surface area contributed by atoms with E-state index in [9.17, 15) is 29.3 Å². The Morgan fingerprint density at radius 2 is 1.77 bits per heavy atom. The molecule has 162 valence electrons. The standard InChI is InChI=1S/C22H22N2O7/c1-11(2)19(23-20(26)17-13-6-7-14(8-13)18(17)21(23)27)22(28)31-10-16(25)12-4-3-5-15(9-12)24(29)30/h3-7,9,11,13-14,17-19H,8,10H2,1-2H3/t13-,14+,17+,18-,19-/m0/s1. The van der Waals surface area contributed by atoms with Crippen LogP contribution in [0.1, 0.15) is 30.6 Å². The van der Waals surface area contributed by atoms with Crippen molar-refractivity contribution < 1.29 is 28.8 Å². The Hall–Kier alpha value is -3.36. The Morgan fingerprint density at radius 3 is 2.32 bits per heavy atom. The molecule has 1 saturated heterocycles. The number of nitro groups is 1. The molecule has 2 amide bonds. The smallest absolute Gasteiger partial charge is 0.330 e. The topological polar surface area (TPSA) is 124 Å². The Labute approximate surface area is 178 Å². The Morgan fingerprint density at radius 1 is 1.16 bits per heavy atom. The summed E-state index contributed by atoms with van der Waals surface area (Å²) in [4.78, 5) is 62.5. The van der Waals surface area contributed by atoms with Gasteiger partial charge in [-0.1, -0.05) is 38.1 Å². The van der Waals surface area contributed by atoms with Crippen molar-refractivity contribution in [3.8, 4) is 0 Å². The average molecular weight is 426 g/mol. The van der Waals surface area contributed by atoms with Gasteiger partial charge < -0.3 is 4.74 Å². The van der Waals surface area contributed by atoms with Crippen LogP contribution in [0, 0.1) is 39.7 Å². The largest absolute Gasteiger partial charge is 0.456 e. The lowest BCUT2D eigenvalue weighted by atomic mass is 9.85. The number of ether oxygens (including phenoxy) is 1. The van der Waals surface area contributed by atoms with Gasteiger partial charge in [0.15, 0.2) is 6.61 Å². The van der Waals surface area contributed by atoms with E-state index in [1.165, 1.54) is 18.2 Å².